The number of methoxy groups -OCH3 is 1. The number of rotatable bonds is 10. The highest BCUT2D eigenvalue weighted by Gasteiger charge is 2.19. The Morgan fingerprint density at radius 3 is 2.61 bits per heavy atom. The lowest BCUT2D eigenvalue weighted by atomic mass is 10.0. The molecule has 0 aromatic heterocycles. The van der Waals surface area contributed by atoms with E-state index < -0.39 is 12.0 Å². The topological polar surface area (TPSA) is 67.8 Å². The molecule has 0 radical (unpaired) electrons. The number of hydrogen-bond acceptors (Lipinski definition) is 4. The summed E-state index contributed by atoms with van der Waals surface area (Å²) in [6.07, 6.45) is 0.562. The Morgan fingerprint density at radius 1 is 1.29 bits per heavy atom. The SMILES string of the molecule is COc1cc(CNC(CC(C)C)C(=O)O)cc(Br)c1OCc1ccccc1Cl. The lowest BCUT2D eigenvalue weighted by molar-refractivity contribution is -0.140. The minimum atomic E-state index is -0.848. The van der Waals surface area contributed by atoms with Crippen LogP contribution in [0.5, 0.6) is 11.5 Å². The van der Waals surface area contributed by atoms with Crippen molar-refractivity contribution in [1.29, 1.82) is 0 Å². The Kier molecular flexibility index (Phi) is 8.60. The molecule has 28 heavy (non-hydrogen) atoms. The Hall–Kier alpha value is -1.76. The number of halogens is 2. The molecule has 0 aliphatic rings. The van der Waals surface area contributed by atoms with E-state index >= 15 is 0 Å². The minimum absolute atomic E-state index is 0.287. The standard InChI is InChI=1S/C21H25BrClNO4/c1-13(2)8-18(21(25)26)24-11-14-9-16(22)20(19(10-14)27-3)28-12-15-6-4-5-7-17(15)23/h4-7,9-10,13,18,24H,8,11-12H2,1-3H3,(H,25,26). The summed E-state index contributed by atoms with van der Waals surface area (Å²) in [6, 6.07) is 10.6. The zero-order chi connectivity index (χ0) is 20.7. The fraction of sp³-hybridized carbons (Fsp3) is 0.381. The van der Waals surface area contributed by atoms with Crippen molar-refractivity contribution in [3.63, 3.8) is 0 Å². The molecule has 0 spiro atoms. The summed E-state index contributed by atoms with van der Waals surface area (Å²) in [5, 5.41) is 13.1. The third kappa shape index (κ3) is 6.40. The number of nitrogens with one attached hydrogen (secondary N) is 1. The van der Waals surface area contributed by atoms with Gasteiger partial charge in [-0.15, -0.1) is 0 Å². The molecule has 7 heteroatoms. The van der Waals surface area contributed by atoms with Crippen LogP contribution in [-0.2, 0) is 17.9 Å². The zero-order valence-electron chi connectivity index (χ0n) is 16.2. The molecule has 0 aliphatic heterocycles. The molecule has 0 saturated carbocycles. The first-order chi connectivity index (χ1) is 13.3. The van der Waals surface area contributed by atoms with Crippen molar-refractivity contribution in [2.45, 2.75) is 39.5 Å². The van der Waals surface area contributed by atoms with E-state index in [1.807, 2.05) is 50.2 Å². The van der Waals surface area contributed by atoms with Crippen LogP contribution in [0.25, 0.3) is 0 Å². The second-order valence-corrected chi connectivity index (χ2v) is 8.15. The maximum atomic E-state index is 11.4. The van der Waals surface area contributed by atoms with Crippen molar-refractivity contribution < 1.29 is 19.4 Å². The number of carboxylic acids is 1. The van der Waals surface area contributed by atoms with E-state index in [-0.39, 0.29) is 5.92 Å². The highest BCUT2D eigenvalue weighted by molar-refractivity contribution is 9.10. The largest absolute Gasteiger partial charge is 0.493 e. The normalized spacial score (nSPS) is 12.1. The van der Waals surface area contributed by atoms with E-state index in [1.54, 1.807) is 7.11 Å². The predicted octanol–water partition coefficient (Wildman–Crippen LogP) is 5.28. The molecule has 0 saturated heterocycles. The number of benzene rings is 2. The van der Waals surface area contributed by atoms with E-state index in [1.165, 1.54) is 0 Å². The van der Waals surface area contributed by atoms with Crippen molar-refractivity contribution in [2.75, 3.05) is 7.11 Å². The van der Waals surface area contributed by atoms with Crippen LogP contribution in [0.3, 0.4) is 0 Å². The molecule has 0 amide bonds. The molecular formula is C21H25BrClNO4. The summed E-state index contributed by atoms with van der Waals surface area (Å²) in [7, 11) is 1.57. The maximum Gasteiger partial charge on any atom is 0.320 e. The van der Waals surface area contributed by atoms with Gasteiger partial charge in [-0.2, -0.15) is 0 Å². The van der Waals surface area contributed by atoms with Crippen molar-refractivity contribution in [2.24, 2.45) is 5.92 Å². The Morgan fingerprint density at radius 2 is 2.00 bits per heavy atom. The zero-order valence-corrected chi connectivity index (χ0v) is 18.5. The second-order valence-electron chi connectivity index (χ2n) is 6.89. The molecule has 5 nitrogen and oxygen atoms in total. The highest BCUT2D eigenvalue weighted by Crippen LogP contribution is 2.37. The van der Waals surface area contributed by atoms with Crippen molar-refractivity contribution in [1.82, 2.24) is 5.32 Å². The summed E-state index contributed by atoms with van der Waals surface area (Å²) in [5.41, 5.74) is 1.77. The van der Waals surface area contributed by atoms with E-state index in [9.17, 15) is 9.90 Å². The van der Waals surface area contributed by atoms with E-state index in [0.29, 0.717) is 36.1 Å². The van der Waals surface area contributed by atoms with Gasteiger partial charge >= 0.3 is 5.97 Å². The summed E-state index contributed by atoms with van der Waals surface area (Å²) in [6.45, 7) is 4.72. The Labute approximate surface area is 179 Å². The first-order valence-corrected chi connectivity index (χ1v) is 10.2. The molecule has 2 N–H and O–H groups in total. The molecule has 0 fully saturated rings. The molecule has 2 rings (SSSR count). The number of carbonyl (C=O) groups is 1. The Bertz CT molecular complexity index is 813. The van der Waals surface area contributed by atoms with Gasteiger partial charge in [0.15, 0.2) is 11.5 Å². The highest BCUT2D eigenvalue weighted by atomic mass is 79.9. The monoisotopic (exact) mass is 469 g/mol. The maximum absolute atomic E-state index is 11.4. The first-order valence-electron chi connectivity index (χ1n) is 9.00. The van der Waals surface area contributed by atoms with Crippen molar-refractivity contribution in [3.05, 3.63) is 57.0 Å². The van der Waals surface area contributed by atoms with E-state index in [2.05, 4.69) is 21.2 Å². The van der Waals surface area contributed by atoms with Crippen LogP contribution in [0.2, 0.25) is 5.02 Å². The van der Waals surface area contributed by atoms with Gasteiger partial charge in [-0.25, -0.2) is 0 Å². The molecule has 1 atom stereocenters. The van der Waals surface area contributed by atoms with E-state index in [4.69, 9.17) is 21.1 Å². The van der Waals surface area contributed by atoms with Crippen molar-refractivity contribution >= 4 is 33.5 Å². The van der Waals surface area contributed by atoms with E-state index in [0.717, 1.165) is 15.6 Å². The van der Waals surface area contributed by atoms with Gasteiger partial charge < -0.3 is 19.9 Å². The van der Waals surface area contributed by atoms with Crippen LogP contribution in [0, 0.1) is 5.92 Å². The summed E-state index contributed by atoms with van der Waals surface area (Å²) in [5.74, 6) is 0.576. The smallest absolute Gasteiger partial charge is 0.320 e. The number of ether oxygens (including phenoxy) is 2. The van der Waals surface area contributed by atoms with Gasteiger partial charge in [0.05, 0.1) is 11.6 Å². The minimum Gasteiger partial charge on any atom is -0.493 e. The van der Waals surface area contributed by atoms with Gasteiger partial charge in [0, 0.05) is 17.1 Å². The van der Waals surface area contributed by atoms with Gasteiger partial charge in [-0.3, -0.25) is 4.79 Å². The van der Waals surface area contributed by atoms with Gasteiger partial charge in [0.2, 0.25) is 0 Å². The van der Waals surface area contributed by atoms with Crippen LogP contribution in [0.4, 0.5) is 0 Å². The molecule has 0 aliphatic carbocycles. The lowest BCUT2D eigenvalue weighted by Crippen LogP contribution is -2.37. The lowest BCUT2D eigenvalue weighted by Gasteiger charge is -2.18. The Balaban J connectivity index is 2.11. The molecule has 2 aromatic rings. The van der Waals surface area contributed by atoms with Crippen LogP contribution in [0.15, 0.2) is 40.9 Å². The van der Waals surface area contributed by atoms with Crippen molar-refractivity contribution in [3.8, 4) is 11.5 Å². The van der Waals surface area contributed by atoms with Gasteiger partial charge in [-0.05, 0) is 52.0 Å². The van der Waals surface area contributed by atoms with Gasteiger partial charge in [-0.1, -0.05) is 43.6 Å². The third-order valence-corrected chi connectivity index (χ3v) is 5.13. The molecular weight excluding hydrogens is 446 g/mol. The fourth-order valence-corrected chi connectivity index (χ4v) is 3.56. The summed E-state index contributed by atoms with van der Waals surface area (Å²) < 4.78 is 12.1. The van der Waals surface area contributed by atoms with Gasteiger partial charge in [0.1, 0.15) is 12.6 Å². The molecule has 1 unspecified atom stereocenters. The number of hydrogen-bond donors (Lipinski definition) is 2. The van der Waals surface area contributed by atoms with Crippen LogP contribution < -0.4 is 14.8 Å². The first kappa shape index (κ1) is 22.5. The number of aliphatic carboxylic acids is 1. The fourth-order valence-electron chi connectivity index (χ4n) is 2.76. The van der Waals surface area contributed by atoms with Crippen LogP contribution in [0.1, 0.15) is 31.4 Å². The van der Waals surface area contributed by atoms with Crippen LogP contribution >= 0.6 is 27.5 Å². The number of carboxylic acid groups (broad SMARTS) is 1. The average Bonchev–Trinajstić information content (AvgIpc) is 2.64. The van der Waals surface area contributed by atoms with Crippen LogP contribution in [-0.4, -0.2) is 24.2 Å². The molecule has 2 aromatic carbocycles. The predicted molar refractivity (Wildman–Crippen MR) is 114 cm³/mol. The molecule has 0 bridgehead atoms. The second kappa shape index (κ2) is 10.7. The average molecular weight is 471 g/mol. The quantitative estimate of drug-likeness (QED) is 0.494. The summed E-state index contributed by atoms with van der Waals surface area (Å²) in [4.78, 5) is 11.4. The molecule has 152 valence electrons. The summed E-state index contributed by atoms with van der Waals surface area (Å²) >= 11 is 9.71. The molecule has 0 heterocycles. The van der Waals surface area contributed by atoms with Gasteiger partial charge in [0.25, 0.3) is 0 Å². The third-order valence-electron chi connectivity index (χ3n) is 4.18.